The summed E-state index contributed by atoms with van der Waals surface area (Å²) in [5.74, 6) is 1.73. The van der Waals surface area contributed by atoms with E-state index in [1.54, 1.807) is 30.5 Å². The van der Waals surface area contributed by atoms with Gasteiger partial charge in [0.1, 0.15) is 11.5 Å². The molecule has 0 bridgehead atoms. The Kier molecular flexibility index (Phi) is 2.92. The van der Waals surface area contributed by atoms with Crippen molar-refractivity contribution in [2.45, 2.75) is 6.54 Å². The molecular weight excluding hydrogens is 262 g/mol. The Morgan fingerprint density at radius 2 is 2.05 bits per heavy atom. The number of H-pyrrole nitrogens is 1. The molecule has 2 aromatic heterocycles. The highest BCUT2D eigenvalue weighted by Gasteiger charge is 2.10. The average Bonchev–Trinajstić information content (AvgIpc) is 3.03. The summed E-state index contributed by atoms with van der Waals surface area (Å²) in [5.41, 5.74) is 0.872. The van der Waals surface area contributed by atoms with Gasteiger partial charge in [0.25, 0.3) is 0 Å². The van der Waals surface area contributed by atoms with Crippen LogP contribution < -0.4 is 0 Å². The van der Waals surface area contributed by atoms with Crippen molar-refractivity contribution in [1.82, 2.24) is 14.8 Å². The summed E-state index contributed by atoms with van der Waals surface area (Å²) in [6, 6.07) is 10.5. The molecule has 3 rings (SSSR count). The molecule has 96 valence electrons. The van der Waals surface area contributed by atoms with Crippen molar-refractivity contribution in [3.8, 4) is 17.1 Å². The van der Waals surface area contributed by atoms with Crippen LogP contribution in [0.3, 0.4) is 0 Å². The number of aromatic amines is 1. The Hall–Kier alpha value is -2.34. The predicted molar refractivity (Wildman–Crippen MR) is 72.3 cm³/mol. The van der Waals surface area contributed by atoms with Crippen molar-refractivity contribution in [2.75, 3.05) is 0 Å². The van der Waals surface area contributed by atoms with Crippen LogP contribution in [0.25, 0.3) is 11.4 Å². The summed E-state index contributed by atoms with van der Waals surface area (Å²) in [6.07, 6.45) is 1.62. The quantitative estimate of drug-likeness (QED) is 0.720. The number of phenols is 1. The minimum atomic E-state index is 0.218. The first-order chi connectivity index (χ1) is 9.24. The number of benzene rings is 1. The molecular formula is C13H11N3O2S. The summed E-state index contributed by atoms with van der Waals surface area (Å²) in [4.78, 5) is 0. The molecule has 19 heavy (non-hydrogen) atoms. The van der Waals surface area contributed by atoms with Gasteiger partial charge in [0, 0.05) is 5.56 Å². The molecule has 0 unspecified atom stereocenters. The Morgan fingerprint density at radius 1 is 1.26 bits per heavy atom. The van der Waals surface area contributed by atoms with Crippen molar-refractivity contribution < 1.29 is 9.52 Å². The molecule has 2 N–H and O–H groups in total. The van der Waals surface area contributed by atoms with E-state index in [1.165, 1.54) is 0 Å². The highest BCUT2D eigenvalue weighted by Crippen LogP contribution is 2.21. The van der Waals surface area contributed by atoms with Gasteiger partial charge in [0.2, 0.25) is 0 Å². The second-order valence-corrected chi connectivity index (χ2v) is 4.45. The van der Waals surface area contributed by atoms with E-state index in [4.69, 9.17) is 16.6 Å². The zero-order chi connectivity index (χ0) is 13.2. The highest BCUT2D eigenvalue weighted by atomic mass is 32.1. The zero-order valence-corrected chi connectivity index (χ0v) is 10.7. The van der Waals surface area contributed by atoms with E-state index in [9.17, 15) is 5.11 Å². The van der Waals surface area contributed by atoms with Gasteiger partial charge in [-0.15, -0.1) is 0 Å². The molecule has 1 aromatic carbocycles. The molecule has 0 amide bonds. The summed E-state index contributed by atoms with van der Waals surface area (Å²) < 4.78 is 7.70. The molecule has 0 atom stereocenters. The zero-order valence-electron chi connectivity index (χ0n) is 9.91. The first kappa shape index (κ1) is 11.7. The number of aromatic nitrogens is 3. The van der Waals surface area contributed by atoms with Gasteiger partial charge >= 0.3 is 0 Å². The number of nitrogens with zero attached hydrogens (tertiary/aromatic N) is 2. The summed E-state index contributed by atoms with van der Waals surface area (Å²) in [7, 11) is 0. The largest absolute Gasteiger partial charge is 0.508 e. The van der Waals surface area contributed by atoms with Crippen LogP contribution in [0.15, 0.2) is 47.1 Å². The fourth-order valence-electron chi connectivity index (χ4n) is 1.85. The average molecular weight is 273 g/mol. The van der Waals surface area contributed by atoms with Gasteiger partial charge in [-0.1, -0.05) is 0 Å². The highest BCUT2D eigenvalue weighted by molar-refractivity contribution is 7.71. The van der Waals surface area contributed by atoms with Crippen LogP contribution in [0.4, 0.5) is 0 Å². The second kappa shape index (κ2) is 4.74. The monoisotopic (exact) mass is 273 g/mol. The topological polar surface area (TPSA) is 67.0 Å². The Bertz CT molecular complexity index is 726. The van der Waals surface area contributed by atoms with Crippen LogP contribution in [0, 0.1) is 4.77 Å². The van der Waals surface area contributed by atoms with E-state index < -0.39 is 0 Å². The Morgan fingerprint density at radius 3 is 2.74 bits per heavy atom. The number of rotatable bonds is 3. The maximum atomic E-state index is 9.31. The van der Waals surface area contributed by atoms with Gasteiger partial charge in [-0.2, -0.15) is 5.10 Å². The SMILES string of the molecule is Oc1ccc(-c2n[nH]c(=S)n2Cc2ccco2)cc1. The van der Waals surface area contributed by atoms with Crippen molar-refractivity contribution >= 4 is 12.2 Å². The molecule has 2 heterocycles. The predicted octanol–water partition coefficient (Wildman–Crippen LogP) is 2.95. The Labute approximate surface area is 114 Å². The number of nitrogens with one attached hydrogen (secondary N) is 1. The van der Waals surface area contributed by atoms with Crippen molar-refractivity contribution in [3.05, 3.63) is 53.2 Å². The third-order valence-corrected chi connectivity index (χ3v) is 3.09. The van der Waals surface area contributed by atoms with E-state index in [2.05, 4.69) is 10.2 Å². The molecule has 0 saturated heterocycles. The van der Waals surface area contributed by atoms with Gasteiger partial charge < -0.3 is 9.52 Å². The van der Waals surface area contributed by atoms with Crippen molar-refractivity contribution in [2.24, 2.45) is 0 Å². The minimum absolute atomic E-state index is 0.218. The lowest BCUT2D eigenvalue weighted by Crippen LogP contribution is -2.01. The molecule has 0 radical (unpaired) electrons. The number of hydrogen-bond donors (Lipinski definition) is 2. The lowest BCUT2D eigenvalue weighted by Gasteiger charge is -2.05. The molecule has 0 spiro atoms. The van der Waals surface area contributed by atoms with Crippen LogP contribution in [0.2, 0.25) is 0 Å². The molecule has 5 nitrogen and oxygen atoms in total. The third-order valence-electron chi connectivity index (χ3n) is 2.78. The molecule has 0 fully saturated rings. The summed E-state index contributed by atoms with van der Waals surface area (Å²) in [6.45, 7) is 0.512. The lowest BCUT2D eigenvalue weighted by atomic mass is 10.2. The summed E-state index contributed by atoms with van der Waals surface area (Å²) >= 11 is 5.23. The van der Waals surface area contributed by atoms with Crippen LogP contribution in [0.1, 0.15) is 5.76 Å². The summed E-state index contributed by atoms with van der Waals surface area (Å²) in [5, 5.41) is 16.3. The lowest BCUT2D eigenvalue weighted by molar-refractivity contribution is 0.475. The van der Waals surface area contributed by atoms with E-state index >= 15 is 0 Å². The van der Waals surface area contributed by atoms with E-state index in [-0.39, 0.29) is 5.75 Å². The number of furan rings is 1. The molecule has 0 aliphatic carbocycles. The number of aromatic hydroxyl groups is 1. The van der Waals surface area contributed by atoms with Crippen LogP contribution >= 0.6 is 12.2 Å². The van der Waals surface area contributed by atoms with Gasteiger partial charge in [0.05, 0.1) is 12.8 Å². The first-order valence-electron chi connectivity index (χ1n) is 5.71. The fraction of sp³-hybridized carbons (Fsp3) is 0.0769. The number of phenolic OH excluding ortho intramolecular Hbond substituents is 1. The molecule has 3 aromatic rings. The van der Waals surface area contributed by atoms with Crippen molar-refractivity contribution in [3.63, 3.8) is 0 Å². The molecule has 6 heteroatoms. The third kappa shape index (κ3) is 2.30. The standard InChI is InChI=1S/C13H11N3O2S/c17-10-5-3-9(4-6-10)12-14-15-13(19)16(12)8-11-2-1-7-18-11/h1-7,17H,8H2,(H,15,19). The molecule has 0 saturated carbocycles. The van der Waals surface area contributed by atoms with Crippen LogP contribution in [0.5, 0.6) is 5.75 Å². The first-order valence-corrected chi connectivity index (χ1v) is 6.12. The van der Waals surface area contributed by atoms with Gasteiger partial charge in [-0.25, -0.2) is 0 Å². The molecule has 0 aliphatic rings. The maximum absolute atomic E-state index is 9.31. The van der Waals surface area contributed by atoms with Gasteiger partial charge in [0.15, 0.2) is 10.6 Å². The smallest absolute Gasteiger partial charge is 0.195 e. The Balaban J connectivity index is 2.03. The minimum Gasteiger partial charge on any atom is -0.508 e. The fourth-order valence-corrected chi connectivity index (χ4v) is 2.05. The van der Waals surface area contributed by atoms with Gasteiger partial charge in [-0.05, 0) is 48.6 Å². The maximum Gasteiger partial charge on any atom is 0.195 e. The van der Waals surface area contributed by atoms with E-state index in [1.807, 2.05) is 16.7 Å². The van der Waals surface area contributed by atoms with Crippen LogP contribution in [-0.2, 0) is 6.54 Å². The normalized spacial score (nSPS) is 10.7. The van der Waals surface area contributed by atoms with E-state index in [0.717, 1.165) is 11.3 Å². The van der Waals surface area contributed by atoms with Gasteiger partial charge in [-0.3, -0.25) is 9.67 Å². The molecule has 0 aliphatic heterocycles. The number of hydrogen-bond acceptors (Lipinski definition) is 4. The van der Waals surface area contributed by atoms with Crippen molar-refractivity contribution in [1.29, 1.82) is 0 Å². The van der Waals surface area contributed by atoms with Crippen LogP contribution in [-0.4, -0.2) is 19.9 Å². The van der Waals surface area contributed by atoms with E-state index in [0.29, 0.717) is 17.1 Å². The second-order valence-electron chi connectivity index (χ2n) is 4.06.